The summed E-state index contributed by atoms with van der Waals surface area (Å²) in [5.74, 6) is 0.852. The van der Waals surface area contributed by atoms with Crippen LogP contribution in [-0.2, 0) is 0 Å². The first kappa shape index (κ1) is 10.0. The van der Waals surface area contributed by atoms with Crippen LogP contribution in [0.4, 0.5) is 0 Å². The Kier molecular flexibility index (Phi) is 3.53. The SMILES string of the molecule is C[N+](C)([O-])CCC1CCCCC1. The molecule has 0 bridgehead atoms. The summed E-state index contributed by atoms with van der Waals surface area (Å²) in [6.45, 7) is 0.796. The summed E-state index contributed by atoms with van der Waals surface area (Å²) in [6.07, 6.45) is 8.04. The van der Waals surface area contributed by atoms with Gasteiger partial charge in [0.2, 0.25) is 0 Å². The topological polar surface area (TPSA) is 23.1 Å². The van der Waals surface area contributed by atoms with Crippen molar-refractivity contribution in [1.29, 1.82) is 0 Å². The maximum Gasteiger partial charge on any atom is 0.0782 e. The molecule has 1 rings (SSSR count). The maximum atomic E-state index is 11.3. The number of hydroxylamine groups is 3. The summed E-state index contributed by atoms with van der Waals surface area (Å²) in [6, 6.07) is 0. The summed E-state index contributed by atoms with van der Waals surface area (Å²) in [5.41, 5.74) is 0. The monoisotopic (exact) mass is 171 g/mol. The zero-order chi connectivity index (χ0) is 9.03. The molecule has 0 aromatic rings. The zero-order valence-electron chi connectivity index (χ0n) is 8.38. The van der Waals surface area contributed by atoms with Crippen LogP contribution >= 0.6 is 0 Å². The van der Waals surface area contributed by atoms with Gasteiger partial charge < -0.3 is 9.85 Å². The smallest absolute Gasteiger partial charge is 0.0782 e. The van der Waals surface area contributed by atoms with Gasteiger partial charge in [0.05, 0.1) is 20.6 Å². The molecule has 0 spiro atoms. The highest BCUT2D eigenvalue weighted by Crippen LogP contribution is 2.26. The Morgan fingerprint density at radius 1 is 1.17 bits per heavy atom. The average molecular weight is 171 g/mol. The maximum absolute atomic E-state index is 11.3. The Hall–Kier alpha value is -0.0800. The molecule has 0 amide bonds. The van der Waals surface area contributed by atoms with Crippen LogP contribution in [0.5, 0.6) is 0 Å². The van der Waals surface area contributed by atoms with Crippen molar-refractivity contribution in [3.8, 4) is 0 Å². The van der Waals surface area contributed by atoms with Crippen LogP contribution in [0.2, 0.25) is 0 Å². The van der Waals surface area contributed by atoms with Gasteiger partial charge in [-0.25, -0.2) is 0 Å². The molecular formula is C10H21NO. The molecule has 2 nitrogen and oxygen atoms in total. The van der Waals surface area contributed by atoms with E-state index in [9.17, 15) is 5.21 Å². The molecular weight excluding hydrogens is 150 g/mol. The molecule has 0 aromatic heterocycles. The van der Waals surface area contributed by atoms with Gasteiger partial charge in [0.25, 0.3) is 0 Å². The fourth-order valence-corrected chi connectivity index (χ4v) is 1.97. The van der Waals surface area contributed by atoms with Crippen LogP contribution in [-0.4, -0.2) is 25.3 Å². The van der Waals surface area contributed by atoms with E-state index < -0.39 is 0 Å². The van der Waals surface area contributed by atoms with Crippen LogP contribution < -0.4 is 0 Å². The van der Waals surface area contributed by atoms with E-state index in [0.717, 1.165) is 18.9 Å². The first-order chi connectivity index (χ1) is 5.58. The summed E-state index contributed by atoms with van der Waals surface area (Å²) in [7, 11) is 3.48. The molecule has 0 radical (unpaired) electrons. The number of hydrogen-bond acceptors (Lipinski definition) is 1. The summed E-state index contributed by atoms with van der Waals surface area (Å²) < 4.78 is -0.115. The Morgan fingerprint density at radius 2 is 1.75 bits per heavy atom. The highest BCUT2D eigenvalue weighted by molar-refractivity contribution is 4.65. The normalized spacial score (nSPS) is 21.2. The molecule has 72 valence electrons. The molecule has 1 aliphatic rings. The second kappa shape index (κ2) is 4.24. The fourth-order valence-electron chi connectivity index (χ4n) is 1.97. The van der Waals surface area contributed by atoms with Gasteiger partial charge in [0.1, 0.15) is 0 Å². The van der Waals surface area contributed by atoms with Crippen LogP contribution in [0, 0.1) is 11.1 Å². The summed E-state index contributed by atoms with van der Waals surface area (Å²) in [5, 5.41) is 11.3. The molecule has 0 atom stereocenters. The van der Waals surface area contributed by atoms with Crippen molar-refractivity contribution in [2.45, 2.75) is 38.5 Å². The average Bonchev–Trinajstić information content (AvgIpc) is 2.02. The van der Waals surface area contributed by atoms with E-state index in [1.54, 1.807) is 14.1 Å². The van der Waals surface area contributed by atoms with E-state index in [-0.39, 0.29) is 4.65 Å². The van der Waals surface area contributed by atoms with E-state index >= 15 is 0 Å². The van der Waals surface area contributed by atoms with Gasteiger partial charge >= 0.3 is 0 Å². The molecule has 2 heteroatoms. The highest BCUT2D eigenvalue weighted by atomic mass is 16.5. The van der Waals surface area contributed by atoms with Gasteiger partial charge in [0, 0.05) is 0 Å². The van der Waals surface area contributed by atoms with Crippen molar-refractivity contribution in [1.82, 2.24) is 0 Å². The van der Waals surface area contributed by atoms with Gasteiger partial charge in [-0.2, -0.15) is 0 Å². The van der Waals surface area contributed by atoms with Gasteiger partial charge in [-0.05, 0) is 12.3 Å². The number of quaternary nitrogens is 1. The quantitative estimate of drug-likeness (QED) is 0.472. The number of nitrogens with zero attached hydrogens (tertiary/aromatic N) is 1. The predicted octanol–water partition coefficient (Wildman–Crippen LogP) is 2.53. The van der Waals surface area contributed by atoms with Crippen LogP contribution in [0.1, 0.15) is 38.5 Å². The molecule has 0 unspecified atom stereocenters. The van der Waals surface area contributed by atoms with Gasteiger partial charge in [-0.1, -0.05) is 32.1 Å². The van der Waals surface area contributed by atoms with Crippen LogP contribution in [0.15, 0.2) is 0 Å². The van der Waals surface area contributed by atoms with E-state index in [1.807, 2.05) is 0 Å². The molecule has 0 aromatic carbocycles. The molecule has 1 saturated carbocycles. The van der Waals surface area contributed by atoms with Crippen molar-refractivity contribution >= 4 is 0 Å². The lowest BCUT2D eigenvalue weighted by Gasteiger charge is -2.35. The molecule has 1 fully saturated rings. The summed E-state index contributed by atoms with van der Waals surface area (Å²) in [4.78, 5) is 0. The van der Waals surface area contributed by atoms with Crippen molar-refractivity contribution in [3.05, 3.63) is 5.21 Å². The Balaban J connectivity index is 2.13. The number of hydrogen-bond donors (Lipinski definition) is 0. The van der Waals surface area contributed by atoms with Crippen LogP contribution in [0.3, 0.4) is 0 Å². The third-order valence-corrected chi connectivity index (χ3v) is 2.80. The van der Waals surface area contributed by atoms with E-state index in [0.29, 0.717) is 0 Å². The highest BCUT2D eigenvalue weighted by Gasteiger charge is 2.15. The molecule has 1 aliphatic carbocycles. The largest absolute Gasteiger partial charge is 0.633 e. The van der Waals surface area contributed by atoms with Gasteiger partial charge in [-0.3, -0.25) is 0 Å². The standard InChI is InChI=1S/C10H21NO/c1-11(2,12)9-8-10-6-4-3-5-7-10/h10H,3-9H2,1-2H3. The fraction of sp³-hybridized carbons (Fsp3) is 1.00. The second-order valence-electron chi connectivity index (χ2n) is 4.59. The third kappa shape index (κ3) is 4.07. The minimum Gasteiger partial charge on any atom is -0.633 e. The van der Waals surface area contributed by atoms with E-state index in [4.69, 9.17) is 0 Å². The van der Waals surface area contributed by atoms with Crippen molar-refractivity contribution in [2.75, 3.05) is 20.6 Å². The minimum absolute atomic E-state index is 0.115. The number of rotatable bonds is 3. The molecule has 0 heterocycles. The van der Waals surface area contributed by atoms with Crippen LogP contribution in [0.25, 0.3) is 0 Å². The van der Waals surface area contributed by atoms with Crippen molar-refractivity contribution in [2.24, 2.45) is 5.92 Å². The second-order valence-corrected chi connectivity index (χ2v) is 4.59. The lowest BCUT2D eigenvalue weighted by atomic mass is 9.87. The van der Waals surface area contributed by atoms with Crippen molar-refractivity contribution in [3.63, 3.8) is 0 Å². The molecule has 0 aliphatic heterocycles. The third-order valence-electron chi connectivity index (χ3n) is 2.80. The Morgan fingerprint density at radius 3 is 2.25 bits per heavy atom. The first-order valence-corrected chi connectivity index (χ1v) is 5.12. The zero-order valence-corrected chi connectivity index (χ0v) is 8.38. The lowest BCUT2D eigenvalue weighted by Crippen LogP contribution is -2.34. The Labute approximate surface area is 75.7 Å². The van der Waals surface area contributed by atoms with Crippen molar-refractivity contribution < 1.29 is 4.65 Å². The Bertz CT molecular complexity index is 122. The summed E-state index contributed by atoms with van der Waals surface area (Å²) >= 11 is 0. The molecule has 0 N–H and O–H groups in total. The first-order valence-electron chi connectivity index (χ1n) is 5.12. The minimum atomic E-state index is -0.115. The molecule has 0 saturated heterocycles. The van der Waals surface area contributed by atoms with Gasteiger partial charge in [-0.15, -0.1) is 0 Å². The van der Waals surface area contributed by atoms with Gasteiger partial charge in [0.15, 0.2) is 0 Å². The predicted molar refractivity (Wildman–Crippen MR) is 51.5 cm³/mol. The van der Waals surface area contributed by atoms with E-state index in [2.05, 4.69) is 0 Å². The molecule has 12 heavy (non-hydrogen) atoms. The lowest BCUT2D eigenvalue weighted by molar-refractivity contribution is -0.840. The van der Waals surface area contributed by atoms with E-state index in [1.165, 1.54) is 32.1 Å².